The van der Waals surface area contributed by atoms with Gasteiger partial charge in [0, 0.05) is 24.2 Å². The predicted octanol–water partition coefficient (Wildman–Crippen LogP) is 1.97. The molecule has 1 atom stereocenters. The normalized spacial score (nSPS) is 20.2. The minimum absolute atomic E-state index is 0.0202. The Morgan fingerprint density at radius 3 is 3.05 bits per heavy atom. The van der Waals surface area contributed by atoms with Gasteiger partial charge in [0.25, 0.3) is 0 Å². The summed E-state index contributed by atoms with van der Waals surface area (Å²) in [6, 6.07) is 2.21. The number of carbonyl (C=O) groups excluding carboxylic acids is 2. The topological polar surface area (TPSA) is 70.4 Å². The molecule has 2 rings (SSSR count). The number of hydrogen-bond donors (Lipinski definition) is 0. The number of unbranched alkanes of at least 4 members (excludes halogenated alkanes) is 1. The number of amides is 1. The first-order valence-corrected chi connectivity index (χ1v) is 7.50. The third kappa shape index (κ3) is 2.88. The molecule has 2 aliphatic heterocycles. The lowest BCUT2D eigenvalue weighted by molar-refractivity contribution is -0.149. The van der Waals surface area contributed by atoms with E-state index in [4.69, 9.17) is 10.00 Å². The van der Waals surface area contributed by atoms with Crippen LogP contribution in [0.15, 0.2) is 23.3 Å². The smallest absolute Gasteiger partial charge is 0.356 e. The van der Waals surface area contributed by atoms with Gasteiger partial charge in [-0.3, -0.25) is 4.79 Å². The third-order valence-electron chi connectivity index (χ3n) is 3.20. The molecule has 6 heteroatoms. The van der Waals surface area contributed by atoms with Gasteiger partial charge in [0.2, 0.25) is 5.91 Å². The van der Waals surface area contributed by atoms with Crippen molar-refractivity contribution in [1.82, 2.24) is 4.90 Å². The molecule has 0 saturated carbocycles. The number of ether oxygens (including phenoxy) is 1. The summed E-state index contributed by atoms with van der Waals surface area (Å²) in [7, 11) is 0. The zero-order valence-electron chi connectivity index (χ0n) is 11.1. The van der Waals surface area contributed by atoms with Crippen LogP contribution in [-0.2, 0) is 14.3 Å². The number of nitriles is 1. The van der Waals surface area contributed by atoms with E-state index in [2.05, 4.69) is 12.6 Å². The third-order valence-corrected chi connectivity index (χ3v) is 4.41. The maximum absolute atomic E-state index is 12.1. The van der Waals surface area contributed by atoms with Gasteiger partial charge in [-0.15, -0.1) is 11.8 Å². The molecular formula is C14H16N2O3S. The minimum Gasteiger partial charge on any atom is -0.457 e. The maximum atomic E-state index is 12.1. The Bertz CT molecular complexity index is 507. The molecule has 0 aromatic carbocycles. The summed E-state index contributed by atoms with van der Waals surface area (Å²) < 4.78 is 5.06. The lowest BCUT2D eigenvalue weighted by atomic mass is 10.0. The molecule has 0 aliphatic carbocycles. The first-order valence-electron chi connectivity index (χ1n) is 6.52. The van der Waals surface area contributed by atoms with Crippen molar-refractivity contribution in [3.05, 3.63) is 23.3 Å². The molecule has 106 valence electrons. The Morgan fingerprint density at radius 1 is 1.60 bits per heavy atom. The highest BCUT2D eigenvalue weighted by Crippen LogP contribution is 2.43. The molecule has 0 bridgehead atoms. The monoisotopic (exact) mass is 292 g/mol. The molecule has 20 heavy (non-hydrogen) atoms. The number of thioether (sulfide) groups is 1. The van der Waals surface area contributed by atoms with E-state index in [-0.39, 0.29) is 18.6 Å². The summed E-state index contributed by atoms with van der Waals surface area (Å²) in [5.41, 5.74) is 0.398. The van der Waals surface area contributed by atoms with Crippen LogP contribution in [0.4, 0.5) is 0 Å². The summed E-state index contributed by atoms with van der Waals surface area (Å²) in [5, 5.41) is 8.52. The van der Waals surface area contributed by atoms with Gasteiger partial charge in [-0.2, -0.15) is 5.26 Å². The quantitative estimate of drug-likeness (QED) is 0.310. The number of esters is 1. The van der Waals surface area contributed by atoms with Gasteiger partial charge in [0.15, 0.2) is 0 Å². The molecule has 0 N–H and O–H groups in total. The number of nitrogens with zero attached hydrogens (tertiary/aromatic N) is 2. The van der Waals surface area contributed by atoms with Gasteiger partial charge in [-0.05, 0) is 12.2 Å². The van der Waals surface area contributed by atoms with Gasteiger partial charge in [0.05, 0.1) is 12.1 Å². The Morgan fingerprint density at radius 2 is 2.40 bits per heavy atom. The van der Waals surface area contributed by atoms with E-state index in [0.29, 0.717) is 18.5 Å². The van der Waals surface area contributed by atoms with E-state index in [1.54, 1.807) is 16.7 Å². The number of fused-ring (bicyclic) bond motifs is 1. The van der Waals surface area contributed by atoms with E-state index in [1.807, 2.05) is 0 Å². The van der Waals surface area contributed by atoms with E-state index in [9.17, 15) is 9.59 Å². The van der Waals surface area contributed by atoms with Crippen LogP contribution in [0.3, 0.4) is 0 Å². The Kier molecular flexibility index (Phi) is 4.85. The van der Waals surface area contributed by atoms with Crippen LogP contribution < -0.4 is 0 Å². The van der Waals surface area contributed by atoms with Crippen molar-refractivity contribution in [1.29, 1.82) is 5.26 Å². The van der Waals surface area contributed by atoms with E-state index < -0.39 is 5.97 Å². The van der Waals surface area contributed by atoms with Crippen LogP contribution in [0.1, 0.15) is 25.7 Å². The molecule has 0 aromatic heterocycles. The highest BCUT2D eigenvalue weighted by atomic mass is 32.2. The molecule has 0 aromatic rings. The van der Waals surface area contributed by atoms with E-state index in [0.717, 1.165) is 23.5 Å². The van der Waals surface area contributed by atoms with Crippen LogP contribution in [0, 0.1) is 11.3 Å². The number of β-lactam (4-membered cyclic amide) rings is 1. The fourth-order valence-corrected chi connectivity index (χ4v) is 3.45. The molecule has 1 saturated heterocycles. The number of rotatable bonds is 7. The Balaban J connectivity index is 2.05. The summed E-state index contributed by atoms with van der Waals surface area (Å²) in [4.78, 5) is 26.1. The lowest BCUT2D eigenvalue weighted by Gasteiger charge is -2.35. The molecule has 1 unspecified atom stereocenters. The summed E-state index contributed by atoms with van der Waals surface area (Å²) in [5.74, 6) is 0.298. The second-order valence-corrected chi connectivity index (χ2v) is 5.78. The predicted molar refractivity (Wildman–Crippen MR) is 75.4 cm³/mol. The first kappa shape index (κ1) is 14.7. The largest absolute Gasteiger partial charge is 0.457 e. The van der Waals surface area contributed by atoms with Crippen molar-refractivity contribution in [2.45, 2.75) is 31.7 Å². The zero-order valence-corrected chi connectivity index (χ0v) is 11.9. The molecule has 1 amide bonds. The van der Waals surface area contributed by atoms with Crippen molar-refractivity contribution in [3.63, 3.8) is 0 Å². The van der Waals surface area contributed by atoms with Gasteiger partial charge in [0.1, 0.15) is 12.3 Å². The zero-order chi connectivity index (χ0) is 14.5. The second-order valence-electron chi connectivity index (χ2n) is 4.59. The number of hydrogen-bond acceptors (Lipinski definition) is 5. The molecule has 1 fully saturated rings. The standard InChI is InChI=1S/C14H16N2O3S/c1-2-6-19-14(18)13-11(20-7-4-3-5-15)8-10-9-12(17)16(10)13/h2,10H,1,3-4,6-9H2. The highest BCUT2D eigenvalue weighted by Gasteiger charge is 2.47. The van der Waals surface area contributed by atoms with E-state index >= 15 is 0 Å². The summed E-state index contributed by atoms with van der Waals surface area (Å²) >= 11 is 1.55. The van der Waals surface area contributed by atoms with Crippen molar-refractivity contribution in [3.8, 4) is 6.07 Å². The Labute approximate surface area is 122 Å². The average molecular weight is 292 g/mol. The summed E-state index contributed by atoms with van der Waals surface area (Å²) in [6.45, 7) is 3.64. The molecule has 0 spiro atoms. The molecule has 2 aliphatic rings. The molecule has 5 nitrogen and oxygen atoms in total. The van der Waals surface area contributed by atoms with Gasteiger partial charge in [-0.1, -0.05) is 12.7 Å². The first-order chi connectivity index (χ1) is 9.69. The summed E-state index contributed by atoms with van der Waals surface area (Å²) in [6.07, 6.45) is 4.01. The van der Waals surface area contributed by atoms with Crippen molar-refractivity contribution >= 4 is 23.6 Å². The van der Waals surface area contributed by atoms with Crippen molar-refractivity contribution in [2.75, 3.05) is 12.4 Å². The maximum Gasteiger partial charge on any atom is 0.356 e. The number of carbonyl (C=O) groups is 2. The fourth-order valence-electron chi connectivity index (χ4n) is 2.29. The van der Waals surface area contributed by atoms with E-state index in [1.165, 1.54) is 6.08 Å². The minimum atomic E-state index is -0.455. The van der Waals surface area contributed by atoms with Gasteiger partial charge in [-0.25, -0.2) is 4.79 Å². The second kappa shape index (κ2) is 6.62. The molecule has 2 heterocycles. The van der Waals surface area contributed by atoms with Crippen LogP contribution in [0.25, 0.3) is 0 Å². The van der Waals surface area contributed by atoms with Gasteiger partial charge < -0.3 is 9.64 Å². The van der Waals surface area contributed by atoms with Crippen molar-refractivity contribution in [2.24, 2.45) is 0 Å². The molecule has 0 radical (unpaired) electrons. The fraction of sp³-hybridized carbons (Fsp3) is 0.500. The van der Waals surface area contributed by atoms with Crippen molar-refractivity contribution < 1.29 is 14.3 Å². The van der Waals surface area contributed by atoms with Crippen LogP contribution >= 0.6 is 11.8 Å². The average Bonchev–Trinajstić information content (AvgIpc) is 2.73. The Hall–Kier alpha value is -1.74. The van der Waals surface area contributed by atoms with Crippen LogP contribution in [0.5, 0.6) is 0 Å². The van der Waals surface area contributed by atoms with Crippen LogP contribution in [0.2, 0.25) is 0 Å². The molecular weight excluding hydrogens is 276 g/mol. The lowest BCUT2D eigenvalue weighted by Crippen LogP contribution is -2.49. The van der Waals surface area contributed by atoms with Crippen LogP contribution in [-0.4, -0.2) is 35.2 Å². The highest BCUT2D eigenvalue weighted by molar-refractivity contribution is 8.03. The SMILES string of the molecule is C=CCOC(=O)C1=C(SCCCC#N)CC2CC(=O)N12. The van der Waals surface area contributed by atoms with Gasteiger partial charge >= 0.3 is 5.97 Å².